The van der Waals surface area contributed by atoms with Crippen molar-refractivity contribution >= 4 is 59.7 Å². The second-order valence-electron chi connectivity index (χ2n) is 8.59. The Bertz CT molecular complexity index is 1380. The normalized spacial score (nSPS) is 15.8. The maximum absolute atomic E-state index is 12.8. The average Bonchev–Trinajstić information content (AvgIpc) is 3.25. The Morgan fingerprint density at radius 2 is 1.89 bits per heavy atom. The molecule has 1 atom stereocenters. The van der Waals surface area contributed by atoms with Gasteiger partial charge >= 0.3 is 6.03 Å². The molecule has 0 bridgehead atoms. The molecule has 2 aromatic carbocycles. The van der Waals surface area contributed by atoms with Crippen molar-refractivity contribution in [2.75, 3.05) is 30.3 Å². The van der Waals surface area contributed by atoms with Crippen molar-refractivity contribution < 1.29 is 4.79 Å². The van der Waals surface area contributed by atoms with E-state index in [1.54, 1.807) is 22.8 Å². The highest BCUT2D eigenvalue weighted by Crippen LogP contribution is 2.29. The molecule has 1 fully saturated rings. The van der Waals surface area contributed by atoms with Crippen molar-refractivity contribution in [1.82, 2.24) is 19.5 Å². The molecule has 2 aromatic heterocycles. The summed E-state index contributed by atoms with van der Waals surface area (Å²) in [4.78, 5) is 19.4. The third-order valence-corrected chi connectivity index (χ3v) is 6.80. The molecule has 1 unspecified atom stereocenters. The van der Waals surface area contributed by atoms with Crippen LogP contribution in [-0.2, 0) is 0 Å². The fourth-order valence-corrected chi connectivity index (χ4v) is 4.75. The molecule has 0 aliphatic carbocycles. The van der Waals surface area contributed by atoms with Gasteiger partial charge in [0.05, 0.1) is 16.4 Å². The van der Waals surface area contributed by atoms with Crippen molar-refractivity contribution in [2.45, 2.75) is 12.8 Å². The van der Waals surface area contributed by atoms with Gasteiger partial charge in [-0.15, -0.1) is 0 Å². The highest BCUT2D eigenvalue weighted by Gasteiger charge is 2.24. The fraction of sp³-hybridized carbons (Fsp3) is 0.240. The van der Waals surface area contributed by atoms with Gasteiger partial charge in [0.1, 0.15) is 13.7 Å². The third-order valence-electron chi connectivity index (χ3n) is 6.14. The van der Waals surface area contributed by atoms with Crippen LogP contribution in [0, 0.1) is 5.92 Å². The Kier molecular flexibility index (Phi) is 6.84. The molecule has 0 spiro atoms. The van der Waals surface area contributed by atoms with Crippen molar-refractivity contribution in [2.24, 2.45) is 5.92 Å². The van der Waals surface area contributed by atoms with E-state index in [-0.39, 0.29) is 11.9 Å². The van der Waals surface area contributed by atoms with Gasteiger partial charge in [0.25, 0.3) is 0 Å². The zero-order valence-electron chi connectivity index (χ0n) is 18.9. The lowest BCUT2D eigenvalue weighted by Crippen LogP contribution is -2.44. The number of nitrogens with one attached hydrogen (secondary N) is 2. The summed E-state index contributed by atoms with van der Waals surface area (Å²) in [6.07, 6.45) is 3.52. The van der Waals surface area contributed by atoms with E-state index >= 15 is 0 Å². The predicted molar refractivity (Wildman–Crippen MR) is 142 cm³/mol. The molecule has 7 nitrogen and oxygen atoms in total. The number of fused-ring (bicyclic) bond motifs is 1. The minimum absolute atomic E-state index is 0.144. The maximum atomic E-state index is 12.8. The minimum Gasteiger partial charge on any atom is -0.370 e. The van der Waals surface area contributed by atoms with Crippen molar-refractivity contribution in [3.8, 4) is 11.3 Å². The number of carbonyl (C=O) groups is 1. The topological polar surface area (TPSA) is 74.6 Å². The quantitative estimate of drug-likeness (QED) is 0.381. The van der Waals surface area contributed by atoms with Crippen molar-refractivity contribution in [3.05, 3.63) is 70.8 Å². The largest absolute Gasteiger partial charge is 0.370 e. The summed E-state index contributed by atoms with van der Waals surface area (Å²) in [5.41, 5.74) is 3.20. The monoisotopic (exact) mass is 504 g/mol. The first-order chi connectivity index (χ1) is 17.0. The Hall–Kier alpha value is -3.23. The highest BCUT2D eigenvalue weighted by atomic mass is 35.5. The number of rotatable bonds is 5. The molecule has 1 saturated heterocycles. The maximum Gasteiger partial charge on any atom is 0.321 e. The number of amides is 2. The summed E-state index contributed by atoms with van der Waals surface area (Å²) in [6, 6.07) is 16.6. The first-order valence-corrected chi connectivity index (χ1v) is 12.2. The van der Waals surface area contributed by atoms with Crippen LogP contribution in [0.2, 0.25) is 10.0 Å². The van der Waals surface area contributed by atoms with Crippen LogP contribution in [0.1, 0.15) is 12.8 Å². The number of nitrogens with zero attached hydrogens (tertiary/aromatic N) is 4. The number of halogens is 2. The minimum atomic E-state index is -0.144. The van der Waals surface area contributed by atoms with E-state index in [1.807, 2.05) is 47.4 Å². The molecule has 3 heterocycles. The number of hydrogen-bond acceptors (Lipinski definition) is 4. The second-order valence-corrected chi connectivity index (χ2v) is 9.40. The molecule has 35 heavy (non-hydrogen) atoms. The van der Waals surface area contributed by atoms with Gasteiger partial charge in [0.15, 0.2) is 5.65 Å². The molecule has 1 aliphatic rings. The Balaban J connectivity index is 1.31. The van der Waals surface area contributed by atoms with E-state index in [1.165, 1.54) is 0 Å². The van der Waals surface area contributed by atoms with E-state index in [9.17, 15) is 4.79 Å². The summed E-state index contributed by atoms with van der Waals surface area (Å²) >= 11 is 12.6. The van der Waals surface area contributed by atoms with Gasteiger partial charge in [0, 0.05) is 42.5 Å². The van der Waals surface area contributed by atoms with Gasteiger partial charge < -0.3 is 15.5 Å². The van der Waals surface area contributed by atoms with Crippen LogP contribution in [0.4, 0.5) is 16.3 Å². The molecular formula is C25H23BCl2N6O. The number of urea groups is 1. The molecule has 5 rings (SSSR count). The van der Waals surface area contributed by atoms with Crippen LogP contribution in [0.25, 0.3) is 16.9 Å². The van der Waals surface area contributed by atoms with E-state index in [0.29, 0.717) is 52.2 Å². The number of hydrogen-bond donors (Lipinski definition) is 2. The number of para-hydroxylation sites is 1. The van der Waals surface area contributed by atoms with Crippen LogP contribution >= 0.6 is 23.2 Å². The SMILES string of the molecule is [B]c1cnn2c(NCC3CCCN(C(=O)Nc4ccccc4Cl)C3)cc(-c3ccccc3Cl)nc12. The number of carbonyl (C=O) groups excluding carboxylic acids is 1. The van der Waals surface area contributed by atoms with Crippen LogP contribution in [0.5, 0.6) is 0 Å². The number of likely N-dealkylation sites (tertiary alicyclic amines) is 1. The average molecular weight is 505 g/mol. The van der Waals surface area contributed by atoms with Gasteiger partial charge in [-0.05, 0) is 42.4 Å². The van der Waals surface area contributed by atoms with E-state index in [0.717, 1.165) is 24.2 Å². The Labute approximate surface area is 214 Å². The predicted octanol–water partition coefficient (Wildman–Crippen LogP) is 4.85. The molecule has 0 saturated carbocycles. The molecule has 10 heteroatoms. The third kappa shape index (κ3) is 5.09. The van der Waals surface area contributed by atoms with E-state index in [4.69, 9.17) is 31.0 Å². The van der Waals surface area contributed by atoms with Gasteiger partial charge in [-0.3, -0.25) is 0 Å². The van der Waals surface area contributed by atoms with Crippen LogP contribution in [-0.4, -0.2) is 53.0 Å². The lowest BCUT2D eigenvalue weighted by Gasteiger charge is -2.33. The zero-order valence-corrected chi connectivity index (χ0v) is 20.4. The number of aromatic nitrogens is 3. The lowest BCUT2D eigenvalue weighted by molar-refractivity contribution is 0.180. The first kappa shape index (κ1) is 23.5. The molecule has 2 N–H and O–H groups in total. The smallest absolute Gasteiger partial charge is 0.321 e. The summed E-state index contributed by atoms with van der Waals surface area (Å²) in [5.74, 6) is 1.03. The van der Waals surface area contributed by atoms with Crippen molar-refractivity contribution in [1.29, 1.82) is 0 Å². The zero-order chi connectivity index (χ0) is 24.4. The number of piperidine rings is 1. The van der Waals surface area contributed by atoms with Crippen LogP contribution < -0.4 is 16.1 Å². The molecular weight excluding hydrogens is 482 g/mol. The van der Waals surface area contributed by atoms with Gasteiger partial charge in [-0.2, -0.15) is 9.61 Å². The Morgan fingerprint density at radius 3 is 2.69 bits per heavy atom. The number of benzene rings is 2. The van der Waals surface area contributed by atoms with Crippen molar-refractivity contribution in [3.63, 3.8) is 0 Å². The van der Waals surface area contributed by atoms with Gasteiger partial charge in [-0.1, -0.05) is 53.5 Å². The molecule has 4 aromatic rings. The van der Waals surface area contributed by atoms with Crippen LogP contribution in [0.15, 0.2) is 60.8 Å². The summed E-state index contributed by atoms with van der Waals surface area (Å²) < 4.78 is 1.69. The summed E-state index contributed by atoms with van der Waals surface area (Å²) in [6.45, 7) is 2.01. The van der Waals surface area contributed by atoms with Gasteiger partial charge in [0.2, 0.25) is 0 Å². The molecule has 2 radical (unpaired) electrons. The van der Waals surface area contributed by atoms with Crippen LogP contribution in [0.3, 0.4) is 0 Å². The summed E-state index contributed by atoms with van der Waals surface area (Å²) in [5, 5.41) is 11.9. The summed E-state index contributed by atoms with van der Waals surface area (Å²) in [7, 11) is 6.13. The second kappa shape index (κ2) is 10.2. The fourth-order valence-electron chi connectivity index (χ4n) is 4.33. The van der Waals surface area contributed by atoms with Gasteiger partial charge in [-0.25, -0.2) is 9.78 Å². The number of anilines is 2. The molecule has 2 amide bonds. The molecule has 1 aliphatic heterocycles. The lowest BCUT2D eigenvalue weighted by atomic mass is 9.98. The standard InChI is InChI=1S/C25H23BCl2N6O/c26-18-14-30-34-23(12-22(31-24(18)34)17-7-1-2-8-19(17)27)29-13-16-6-5-11-33(15-16)25(35)32-21-10-4-3-9-20(21)28/h1-4,7-10,12,14,16,29H,5-6,11,13,15H2,(H,32,35). The molecule has 176 valence electrons. The Morgan fingerprint density at radius 1 is 1.11 bits per heavy atom. The van der Waals surface area contributed by atoms with E-state index < -0.39 is 0 Å². The highest BCUT2D eigenvalue weighted by molar-refractivity contribution is 6.36. The van der Waals surface area contributed by atoms with E-state index in [2.05, 4.69) is 20.7 Å². The first-order valence-electron chi connectivity index (χ1n) is 11.4.